The quantitative estimate of drug-likeness (QED) is 0.875. The lowest BCUT2D eigenvalue weighted by atomic mass is 10.1. The van der Waals surface area contributed by atoms with E-state index in [2.05, 4.69) is 49.3 Å². The maximum absolute atomic E-state index is 4.41. The highest BCUT2D eigenvalue weighted by atomic mass is 79.9. The van der Waals surface area contributed by atoms with Gasteiger partial charge in [0.25, 0.3) is 0 Å². The highest BCUT2D eigenvalue weighted by Crippen LogP contribution is 2.28. The van der Waals surface area contributed by atoms with E-state index in [1.165, 1.54) is 11.1 Å². The minimum atomic E-state index is 1.05. The molecule has 1 aromatic carbocycles. The van der Waals surface area contributed by atoms with Crippen LogP contribution in [0.2, 0.25) is 0 Å². The number of hydrogen-bond donors (Lipinski definition) is 1. The largest absolute Gasteiger partial charge is 0.368 e. The van der Waals surface area contributed by atoms with Crippen molar-refractivity contribution in [2.45, 2.75) is 0 Å². The Morgan fingerprint density at radius 1 is 1.18 bits per heavy atom. The molecule has 1 aromatic heterocycles. The normalized spacial score (nSPS) is 16.4. The number of pyridine rings is 1. The summed E-state index contributed by atoms with van der Waals surface area (Å²) in [5.41, 5.74) is 2.35. The van der Waals surface area contributed by atoms with Crippen molar-refractivity contribution in [1.82, 2.24) is 10.3 Å². The van der Waals surface area contributed by atoms with Crippen molar-refractivity contribution in [1.29, 1.82) is 0 Å². The number of fused-ring (bicyclic) bond motifs is 1. The highest BCUT2D eigenvalue weighted by Gasteiger charge is 2.13. The third-order valence-corrected chi connectivity index (χ3v) is 3.63. The summed E-state index contributed by atoms with van der Waals surface area (Å²) in [4.78, 5) is 6.84. The molecule has 0 spiro atoms. The SMILES string of the molecule is Brc1ccc2nccc(N3CCNCC3)c2c1. The van der Waals surface area contributed by atoms with Crippen LogP contribution in [0.5, 0.6) is 0 Å². The molecular formula is C13H14BrN3. The van der Waals surface area contributed by atoms with Crippen molar-refractivity contribution in [3.63, 3.8) is 0 Å². The van der Waals surface area contributed by atoms with Crippen LogP contribution in [-0.4, -0.2) is 31.2 Å². The van der Waals surface area contributed by atoms with Crippen LogP contribution >= 0.6 is 15.9 Å². The number of hydrogen-bond acceptors (Lipinski definition) is 3. The number of halogens is 1. The second kappa shape index (κ2) is 4.63. The molecule has 1 saturated heterocycles. The van der Waals surface area contributed by atoms with Gasteiger partial charge in [-0.2, -0.15) is 0 Å². The number of nitrogens with one attached hydrogen (secondary N) is 1. The van der Waals surface area contributed by atoms with Gasteiger partial charge in [0, 0.05) is 47.9 Å². The monoisotopic (exact) mass is 291 g/mol. The standard InChI is InChI=1S/C13H14BrN3/c14-10-1-2-12-11(9-10)13(3-4-16-12)17-7-5-15-6-8-17/h1-4,9,15H,5-8H2. The number of benzene rings is 1. The molecule has 0 aliphatic carbocycles. The Morgan fingerprint density at radius 2 is 2.00 bits per heavy atom. The molecule has 0 amide bonds. The first-order chi connectivity index (χ1) is 8.34. The smallest absolute Gasteiger partial charge is 0.0723 e. The molecule has 1 aliphatic rings. The summed E-state index contributed by atoms with van der Waals surface area (Å²) >= 11 is 3.53. The van der Waals surface area contributed by atoms with Gasteiger partial charge in [0.2, 0.25) is 0 Å². The van der Waals surface area contributed by atoms with Crippen molar-refractivity contribution in [3.8, 4) is 0 Å². The van der Waals surface area contributed by atoms with Crippen molar-refractivity contribution in [2.24, 2.45) is 0 Å². The number of rotatable bonds is 1. The summed E-state index contributed by atoms with van der Waals surface area (Å²) in [5.74, 6) is 0. The molecule has 0 bridgehead atoms. The lowest BCUT2D eigenvalue weighted by molar-refractivity contribution is 0.590. The van der Waals surface area contributed by atoms with Crippen LogP contribution in [0.4, 0.5) is 5.69 Å². The first-order valence-corrected chi connectivity index (χ1v) is 6.64. The molecule has 88 valence electrons. The topological polar surface area (TPSA) is 28.2 Å². The molecular weight excluding hydrogens is 278 g/mol. The van der Waals surface area contributed by atoms with Gasteiger partial charge < -0.3 is 10.2 Å². The fourth-order valence-electron chi connectivity index (χ4n) is 2.29. The van der Waals surface area contributed by atoms with Gasteiger partial charge in [0.1, 0.15) is 0 Å². The van der Waals surface area contributed by atoms with Gasteiger partial charge in [0.05, 0.1) is 5.52 Å². The lowest BCUT2D eigenvalue weighted by Gasteiger charge is -2.30. The number of nitrogens with zero attached hydrogens (tertiary/aromatic N) is 2. The average Bonchev–Trinajstić information content (AvgIpc) is 2.39. The van der Waals surface area contributed by atoms with Crippen molar-refractivity contribution < 1.29 is 0 Å². The van der Waals surface area contributed by atoms with E-state index in [0.29, 0.717) is 0 Å². The highest BCUT2D eigenvalue weighted by molar-refractivity contribution is 9.10. The Balaban J connectivity index is 2.11. The first kappa shape index (κ1) is 11.0. The van der Waals surface area contributed by atoms with E-state index in [1.54, 1.807) is 0 Å². The molecule has 2 aromatic rings. The van der Waals surface area contributed by atoms with Gasteiger partial charge in [0.15, 0.2) is 0 Å². The molecule has 4 heteroatoms. The molecule has 0 saturated carbocycles. The van der Waals surface area contributed by atoms with Crippen LogP contribution in [0.1, 0.15) is 0 Å². The fraction of sp³-hybridized carbons (Fsp3) is 0.308. The Morgan fingerprint density at radius 3 is 2.82 bits per heavy atom. The summed E-state index contributed by atoms with van der Waals surface area (Å²) in [6, 6.07) is 8.36. The van der Waals surface area contributed by atoms with Crippen molar-refractivity contribution >= 4 is 32.5 Å². The van der Waals surface area contributed by atoms with Gasteiger partial charge in [-0.1, -0.05) is 15.9 Å². The Hall–Kier alpha value is -1.13. The molecule has 2 heterocycles. The van der Waals surface area contributed by atoms with Crippen LogP contribution < -0.4 is 10.2 Å². The second-order valence-electron chi connectivity index (χ2n) is 4.23. The zero-order valence-electron chi connectivity index (χ0n) is 9.49. The second-order valence-corrected chi connectivity index (χ2v) is 5.14. The predicted molar refractivity (Wildman–Crippen MR) is 74.5 cm³/mol. The van der Waals surface area contributed by atoms with Crippen LogP contribution in [-0.2, 0) is 0 Å². The molecule has 3 nitrogen and oxygen atoms in total. The molecule has 1 aliphatic heterocycles. The van der Waals surface area contributed by atoms with E-state index >= 15 is 0 Å². The molecule has 0 radical (unpaired) electrons. The molecule has 3 rings (SSSR count). The molecule has 0 unspecified atom stereocenters. The number of aromatic nitrogens is 1. The van der Waals surface area contributed by atoms with Gasteiger partial charge in [-0.3, -0.25) is 4.98 Å². The van der Waals surface area contributed by atoms with Gasteiger partial charge in [-0.25, -0.2) is 0 Å². The summed E-state index contributed by atoms with van der Waals surface area (Å²) in [6.07, 6.45) is 1.90. The van der Waals surface area contributed by atoms with Crippen molar-refractivity contribution in [2.75, 3.05) is 31.1 Å². The van der Waals surface area contributed by atoms with Gasteiger partial charge >= 0.3 is 0 Å². The zero-order chi connectivity index (χ0) is 11.7. The fourth-order valence-corrected chi connectivity index (χ4v) is 2.65. The van der Waals surface area contributed by atoms with E-state index in [1.807, 2.05) is 12.3 Å². The van der Waals surface area contributed by atoms with E-state index in [-0.39, 0.29) is 0 Å². The minimum absolute atomic E-state index is 1.05. The molecule has 0 atom stereocenters. The molecule has 1 fully saturated rings. The van der Waals surface area contributed by atoms with Gasteiger partial charge in [-0.15, -0.1) is 0 Å². The van der Waals surface area contributed by atoms with Crippen LogP contribution in [0.15, 0.2) is 34.9 Å². The Kier molecular flexibility index (Phi) is 2.99. The molecule has 1 N–H and O–H groups in total. The maximum atomic E-state index is 4.41. The third kappa shape index (κ3) is 2.15. The maximum Gasteiger partial charge on any atom is 0.0723 e. The number of piperazine rings is 1. The summed E-state index contributed by atoms with van der Waals surface area (Å²) < 4.78 is 1.11. The average molecular weight is 292 g/mol. The Labute approximate surface area is 109 Å². The molecule has 17 heavy (non-hydrogen) atoms. The van der Waals surface area contributed by atoms with Crippen LogP contribution in [0.25, 0.3) is 10.9 Å². The summed E-state index contributed by atoms with van der Waals surface area (Å²) in [7, 11) is 0. The van der Waals surface area contributed by atoms with E-state index < -0.39 is 0 Å². The van der Waals surface area contributed by atoms with E-state index in [0.717, 1.165) is 36.2 Å². The zero-order valence-corrected chi connectivity index (χ0v) is 11.1. The van der Waals surface area contributed by atoms with Gasteiger partial charge in [-0.05, 0) is 24.3 Å². The van der Waals surface area contributed by atoms with E-state index in [4.69, 9.17) is 0 Å². The minimum Gasteiger partial charge on any atom is -0.368 e. The van der Waals surface area contributed by atoms with Crippen LogP contribution in [0.3, 0.4) is 0 Å². The predicted octanol–water partition coefficient (Wildman–Crippen LogP) is 2.41. The van der Waals surface area contributed by atoms with Crippen molar-refractivity contribution in [3.05, 3.63) is 34.9 Å². The Bertz CT molecular complexity index is 535. The lowest BCUT2D eigenvalue weighted by Crippen LogP contribution is -2.43. The first-order valence-electron chi connectivity index (χ1n) is 5.84. The van der Waals surface area contributed by atoms with Crippen LogP contribution in [0, 0.1) is 0 Å². The number of anilines is 1. The van der Waals surface area contributed by atoms with E-state index in [9.17, 15) is 0 Å². The summed E-state index contributed by atoms with van der Waals surface area (Å²) in [6.45, 7) is 4.23. The summed E-state index contributed by atoms with van der Waals surface area (Å²) in [5, 5.41) is 4.60. The third-order valence-electron chi connectivity index (χ3n) is 3.14.